The molecule has 6 heteroatoms. The second-order valence-electron chi connectivity index (χ2n) is 4.48. The van der Waals surface area contributed by atoms with Gasteiger partial charge >= 0.3 is 0 Å². The number of rotatable bonds is 7. The lowest BCUT2D eigenvalue weighted by Crippen LogP contribution is -2.15. The van der Waals surface area contributed by atoms with Crippen LogP contribution in [-0.4, -0.2) is 21.3 Å². The van der Waals surface area contributed by atoms with Crippen LogP contribution >= 0.6 is 11.6 Å². The summed E-state index contributed by atoms with van der Waals surface area (Å²) in [6.07, 6.45) is 2.60. The second-order valence-corrected chi connectivity index (χ2v) is 4.89. The highest BCUT2D eigenvalue weighted by atomic mass is 35.5. The van der Waals surface area contributed by atoms with Crippen molar-refractivity contribution >= 4 is 11.6 Å². The summed E-state index contributed by atoms with van der Waals surface area (Å²) in [5.41, 5.74) is 0.977. The van der Waals surface area contributed by atoms with E-state index in [0.29, 0.717) is 18.2 Å². The van der Waals surface area contributed by atoms with Gasteiger partial charge in [0.05, 0.1) is 0 Å². The number of benzene rings is 1. The third kappa shape index (κ3) is 3.71. The van der Waals surface area contributed by atoms with Gasteiger partial charge in [-0.2, -0.15) is 5.10 Å². The predicted octanol–water partition coefficient (Wildman–Crippen LogP) is 2.55. The van der Waals surface area contributed by atoms with Crippen LogP contribution in [0.1, 0.15) is 24.7 Å². The summed E-state index contributed by atoms with van der Waals surface area (Å²) in [5.74, 6) is 1.56. The van der Waals surface area contributed by atoms with Crippen molar-refractivity contribution in [2.75, 3.05) is 6.54 Å². The molecule has 0 aliphatic rings. The maximum Gasteiger partial charge on any atom is 0.164 e. The molecule has 0 spiro atoms. The zero-order valence-corrected chi connectivity index (χ0v) is 12.5. The molecule has 108 valence electrons. The van der Waals surface area contributed by atoms with Crippen LogP contribution in [0.4, 0.5) is 0 Å². The maximum atomic E-state index is 6.25. The Labute approximate surface area is 123 Å². The average Bonchev–Trinajstić information content (AvgIpc) is 2.84. The highest BCUT2D eigenvalue weighted by Gasteiger charge is 2.09. The zero-order valence-electron chi connectivity index (χ0n) is 11.8. The minimum Gasteiger partial charge on any atom is -0.485 e. The van der Waals surface area contributed by atoms with Crippen LogP contribution in [0.5, 0.6) is 5.75 Å². The van der Waals surface area contributed by atoms with Crippen molar-refractivity contribution in [3.8, 4) is 5.75 Å². The summed E-state index contributed by atoms with van der Waals surface area (Å²) >= 11 is 6.25. The van der Waals surface area contributed by atoms with E-state index in [1.54, 1.807) is 4.68 Å². The summed E-state index contributed by atoms with van der Waals surface area (Å²) in [6.45, 7) is 4.15. The maximum absolute atomic E-state index is 6.25. The quantitative estimate of drug-likeness (QED) is 0.797. The fourth-order valence-electron chi connectivity index (χ4n) is 1.83. The van der Waals surface area contributed by atoms with Crippen molar-refractivity contribution in [3.63, 3.8) is 0 Å². The van der Waals surface area contributed by atoms with E-state index in [1.807, 2.05) is 25.2 Å². The first-order valence-corrected chi connectivity index (χ1v) is 7.04. The third-order valence-electron chi connectivity index (χ3n) is 2.97. The van der Waals surface area contributed by atoms with Crippen molar-refractivity contribution < 1.29 is 4.74 Å². The second kappa shape index (κ2) is 7.26. The fraction of sp³-hybridized carbons (Fsp3) is 0.429. The molecule has 1 aromatic carbocycles. The van der Waals surface area contributed by atoms with Gasteiger partial charge in [-0.3, -0.25) is 4.68 Å². The molecular formula is C14H19ClN4O. The summed E-state index contributed by atoms with van der Waals surface area (Å²) in [5, 5.41) is 8.07. The Kier molecular flexibility index (Phi) is 5.38. The van der Waals surface area contributed by atoms with E-state index < -0.39 is 0 Å². The van der Waals surface area contributed by atoms with E-state index in [2.05, 4.69) is 22.3 Å². The summed E-state index contributed by atoms with van der Waals surface area (Å²) in [4.78, 5) is 4.14. The average molecular weight is 295 g/mol. The van der Waals surface area contributed by atoms with Crippen LogP contribution in [0.25, 0.3) is 0 Å². The van der Waals surface area contributed by atoms with Crippen molar-refractivity contribution in [1.29, 1.82) is 0 Å². The number of aryl methyl sites for hydroxylation is 1. The van der Waals surface area contributed by atoms with Crippen LogP contribution in [0.2, 0.25) is 5.02 Å². The molecule has 0 aliphatic heterocycles. The smallest absolute Gasteiger partial charge is 0.164 e. The molecule has 0 atom stereocenters. The number of halogens is 1. The SMILES string of the molecule is CCCNCc1c(Cl)cccc1OCc1ncnn1C. The molecule has 0 unspecified atom stereocenters. The molecule has 0 saturated carbocycles. The van der Waals surface area contributed by atoms with Crippen LogP contribution < -0.4 is 10.1 Å². The number of nitrogens with zero attached hydrogens (tertiary/aromatic N) is 3. The van der Waals surface area contributed by atoms with Crippen LogP contribution in [0, 0.1) is 0 Å². The molecular weight excluding hydrogens is 276 g/mol. The van der Waals surface area contributed by atoms with E-state index in [4.69, 9.17) is 16.3 Å². The molecule has 0 bridgehead atoms. The van der Waals surface area contributed by atoms with Gasteiger partial charge in [-0.1, -0.05) is 24.6 Å². The molecule has 2 rings (SSSR count). The highest BCUT2D eigenvalue weighted by Crippen LogP contribution is 2.26. The van der Waals surface area contributed by atoms with Gasteiger partial charge < -0.3 is 10.1 Å². The van der Waals surface area contributed by atoms with Gasteiger partial charge in [0.1, 0.15) is 18.7 Å². The molecule has 20 heavy (non-hydrogen) atoms. The standard InChI is InChI=1S/C14H19ClN4O/c1-3-7-16-8-11-12(15)5-4-6-13(11)20-9-14-17-10-18-19(14)2/h4-6,10,16H,3,7-9H2,1-2H3. The van der Waals surface area contributed by atoms with E-state index in [-0.39, 0.29) is 0 Å². The topological polar surface area (TPSA) is 52.0 Å². The molecule has 0 radical (unpaired) electrons. The van der Waals surface area contributed by atoms with Crippen LogP contribution in [0.3, 0.4) is 0 Å². The molecule has 5 nitrogen and oxygen atoms in total. The zero-order chi connectivity index (χ0) is 14.4. The first kappa shape index (κ1) is 14.8. The Hall–Kier alpha value is -1.59. The summed E-state index contributed by atoms with van der Waals surface area (Å²) < 4.78 is 7.52. The highest BCUT2D eigenvalue weighted by molar-refractivity contribution is 6.31. The first-order chi connectivity index (χ1) is 9.72. The van der Waals surface area contributed by atoms with Crippen molar-refractivity contribution in [2.45, 2.75) is 26.5 Å². The van der Waals surface area contributed by atoms with Gasteiger partial charge in [0.15, 0.2) is 5.82 Å². The molecule has 0 fully saturated rings. The van der Waals surface area contributed by atoms with Gasteiger partial charge in [0.2, 0.25) is 0 Å². The van der Waals surface area contributed by atoms with Crippen molar-refractivity contribution in [1.82, 2.24) is 20.1 Å². The molecule has 1 aromatic heterocycles. The van der Waals surface area contributed by atoms with Gasteiger partial charge in [0, 0.05) is 24.2 Å². The number of ether oxygens (including phenoxy) is 1. The molecule has 1 N–H and O–H groups in total. The van der Waals surface area contributed by atoms with E-state index in [9.17, 15) is 0 Å². The Bertz CT molecular complexity index is 556. The Morgan fingerprint density at radius 3 is 2.95 bits per heavy atom. The lowest BCUT2D eigenvalue weighted by atomic mass is 10.2. The van der Waals surface area contributed by atoms with E-state index >= 15 is 0 Å². The largest absolute Gasteiger partial charge is 0.485 e. The molecule has 0 aliphatic carbocycles. The molecule has 0 saturated heterocycles. The van der Waals surface area contributed by atoms with Crippen molar-refractivity contribution in [3.05, 3.63) is 40.9 Å². The van der Waals surface area contributed by atoms with E-state index in [1.165, 1.54) is 6.33 Å². The molecule has 0 amide bonds. The van der Waals surface area contributed by atoms with Gasteiger partial charge in [-0.25, -0.2) is 4.98 Å². The predicted molar refractivity (Wildman–Crippen MR) is 78.8 cm³/mol. The minimum absolute atomic E-state index is 0.373. The Morgan fingerprint density at radius 1 is 1.40 bits per heavy atom. The van der Waals surface area contributed by atoms with Crippen LogP contribution in [0.15, 0.2) is 24.5 Å². The van der Waals surface area contributed by atoms with E-state index in [0.717, 1.165) is 30.1 Å². The molecule has 1 heterocycles. The number of hydrogen-bond donors (Lipinski definition) is 1. The van der Waals surface area contributed by atoms with Gasteiger partial charge in [0.25, 0.3) is 0 Å². The lowest BCUT2D eigenvalue weighted by molar-refractivity contribution is 0.286. The fourth-order valence-corrected chi connectivity index (χ4v) is 2.06. The number of hydrogen-bond acceptors (Lipinski definition) is 4. The minimum atomic E-state index is 0.373. The first-order valence-electron chi connectivity index (χ1n) is 6.66. The summed E-state index contributed by atoms with van der Waals surface area (Å²) in [7, 11) is 1.84. The monoisotopic (exact) mass is 294 g/mol. The summed E-state index contributed by atoms with van der Waals surface area (Å²) in [6, 6.07) is 5.68. The van der Waals surface area contributed by atoms with Gasteiger partial charge in [-0.15, -0.1) is 0 Å². The number of aromatic nitrogens is 3. The Balaban J connectivity index is 2.06. The third-order valence-corrected chi connectivity index (χ3v) is 3.32. The van der Waals surface area contributed by atoms with Crippen LogP contribution in [-0.2, 0) is 20.2 Å². The van der Waals surface area contributed by atoms with Crippen molar-refractivity contribution in [2.24, 2.45) is 7.05 Å². The molecule has 2 aromatic rings. The lowest BCUT2D eigenvalue weighted by Gasteiger charge is -2.13. The Morgan fingerprint density at radius 2 is 2.25 bits per heavy atom. The normalized spacial score (nSPS) is 10.8. The van der Waals surface area contributed by atoms with Gasteiger partial charge in [-0.05, 0) is 25.1 Å². The number of nitrogens with one attached hydrogen (secondary N) is 1.